The summed E-state index contributed by atoms with van der Waals surface area (Å²) in [5.74, 6) is -0.848. The van der Waals surface area contributed by atoms with Crippen LogP contribution in [0.15, 0.2) is 35.4 Å². The molecule has 170 valence electrons. The molecular weight excluding hydrogens is 445 g/mol. The van der Waals surface area contributed by atoms with E-state index in [-0.39, 0.29) is 16.9 Å². The van der Waals surface area contributed by atoms with Crippen molar-refractivity contribution in [3.63, 3.8) is 0 Å². The Labute approximate surface area is 182 Å². The Morgan fingerprint density at radius 2 is 1.94 bits per heavy atom. The van der Waals surface area contributed by atoms with Crippen molar-refractivity contribution in [2.75, 3.05) is 17.7 Å². The van der Waals surface area contributed by atoms with Crippen molar-refractivity contribution in [2.45, 2.75) is 43.9 Å². The Bertz CT molecular complexity index is 1330. The zero-order valence-corrected chi connectivity index (χ0v) is 18.5. The second kappa shape index (κ2) is 7.58. The smallest absolute Gasteiger partial charge is 0.341 e. The molecule has 0 saturated heterocycles. The number of rotatable bonds is 4. The Morgan fingerprint density at radius 3 is 2.53 bits per heavy atom. The van der Waals surface area contributed by atoms with Crippen molar-refractivity contribution in [2.24, 2.45) is 0 Å². The fourth-order valence-electron chi connectivity index (χ4n) is 4.19. The molecule has 3 aromatic rings. The van der Waals surface area contributed by atoms with Crippen molar-refractivity contribution in [1.29, 1.82) is 0 Å². The van der Waals surface area contributed by atoms with E-state index in [2.05, 4.69) is 9.97 Å². The standard InChI is InChI=1S/C21H21F3N4O3S/c1-4-16-18-9-13-5-6-14(32(3,30)31)10-17(13)27(18)7-8-28(16)20-25-11-15(12(2)29)19(26-20)21(22,23)24/h5-6,9-11,16H,4,7-8H2,1-3H3/t16-/m0/s1. The highest BCUT2D eigenvalue weighted by Crippen LogP contribution is 2.38. The Kier molecular flexibility index (Phi) is 5.27. The van der Waals surface area contributed by atoms with Gasteiger partial charge in [-0.05, 0) is 31.5 Å². The van der Waals surface area contributed by atoms with Crippen LogP contribution in [0.3, 0.4) is 0 Å². The molecule has 32 heavy (non-hydrogen) atoms. The van der Waals surface area contributed by atoms with Crippen molar-refractivity contribution >= 4 is 32.5 Å². The molecule has 0 bridgehead atoms. The van der Waals surface area contributed by atoms with Crippen LogP contribution >= 0.6 is 0 Å². The predicted molar refractivity (Wildman–Crippen MR) is 112 cm³/mol. The van der Waals surface area contributed by atoms with Gasteiger partial charge in [-0.2, -0.15) is 13.2 Å². The maximum absolute atomic E-state index is 13.5. The van der Waals surface area contributed by atoms with Gasteiger partial charge in [-0.1, -0.05) is 13.0 Å². The molecular formula is C21H21F3N4O3S. The number of aromatic nitrogens is 3. The van der Waals surface area contributed by atoms with E-state index >= 15 is 0 Å². The third-order valence-corrected chi connectivity index (χ3v) is 6.80. The molecule has 3 heterocycles. The molecule has 4 rings (SSSR count). The first-order valence-corrected chi connectivity index (χ1v) is 11.9. The van der Waals surface area contributed by atoms with Gasteiger partial charge in [0.25, 0.3) is 0 Å². The molecule has 0 N–H and O–H groups in total. The van der Waals surface area contributed by atoms with Gasteiger partial charge in [0, 0.05) is 42.1 Å². The van der Waals surface area contributed by atoms with Crippen LogP contribution in [-0.2, 0) is 22.6 Å². The van der Waals surface area contributed by atoms with Crippen LogP contribution in [0.2, 0.25) is 0 Å². The van der Waals surface area contributed by atoms with Crippen LogP contribution < -0.4 is 4.90 Å². The molecule has 1 aromatic carbocycles. The number of carbonyl (C=O) groups is 1. The van der Waals surface area contributed by atoms with Gasteiger partial charge >= 0.3 is 6.18 Å². The Morgan fingerprint density at radius 1 is 1.22 bits per heavy atom. The van der Waals surface area contributed by atoms with Gasteiger partial charge in [0.2, 0.25) is 5.95 Å². The third kappa shape index (κ3) is 3.74. The summed E-state index contributed by atoms with van der Waals surface area (Å²) >= 11 is 0. The monoisotopic (exact) mass is 466 g/mol. The number of Topliss-reactive ketones (excluding diaryl/α,β-unsaturated/α-hetero) is 1. The molecule has 0 fully saturated rings. The fraction of sp³-hybridized carbons (Fsp3) is 0.381. The van der Waals surface area contributed by atoms with Crippen LogP contribution in [0.4, 0.5) is 19.1 Å². The number of hydrogen-bond acceptors (Lipinski definition) is 6. The van der Waals surface area contributed by atoms with E-state index in [0.29, 0.717) is 19.5 Å². The van der Waals surface area contributed by atoms with Gasteiger partial charge in [0.1, 0.15) is 0 Å². The highest BCUT2D eigenvalue weighted by atomic mass is 32.2. The minimum atomic E-state index is -4.78. The first-order valence-electron chi connectivity index (χ1n) is 9.97. The number of alkyl halides is 3. The molecule has 0 aliphatic carbocycles. The summed E-state index contributed by atoms with van der Waals surface area (Å²) in [5, 5.41) is 0.844. The van der Waals surface area contributed by atoms with Crippen molar-refractivity contribution in [1.82, 2.24) is 14.5 Å². The number of anilines is 1. The normalized spacial score (nSPS) is 16.9. The molecule has 0 spiro atoms. The van der Waals surface area contributed by atoms with Gasteiger partial charge in [0.05, 0.1) is 16.5 Å². The molecule has 1 atom stereocenters. The van der Waals surface area contributed by atoms with E-state index in [1.807, 2.05) is 17.6 Å². The first-order chi connectivity index (χ1) is 14.9. The van der Waals surface area contributed by atoms with Gasteiger partial charge < -0.3 is 9.47 Å². The van der Waals surface area contributed by atoms with E-state index in [1.165, 1.54) is 0 Å². The third-order valence-electron chi connectivity index (χ3n) is 5.69. The van der Waals surface area contributed by atoms with E-state index in [4.69, 9.17) is 0 Å². The molecule has 2 aromatic heterocycles. The summed E-state index contributed by atoms with van der Waals surface area (Å²) in [7, 11) is -3.38. The summed E-state index contributed by atoms with van der Waals surface area (Å²) in [6.07, 6.45) is -2.14. The lowest BCUT2D eigenvalue weighted by Crippen LogP contribution is -2.39. The van der Waals surface area contributed by atoms with E-state index < -0.39 is 33.1 Å². The largest absolute Gasteiger partial charge is 0.434 e. The van der Waals surface area contributed by atoms with E-state index in [1.54, 1.807) is 23.1 Å². The second-order valence-corrected chi connectivity index (χ2v) is 9.83. The minimum Gasteiger partial charge on any atom is -0.341 e. The predicted octanol–water partition coefficient (Wildman–Crippen LogP) is 4.03. The average molecular weight is 466 g/mol. The number of fused-ring (bicyclic) bond motifs is 3. The molecule has 0 radical (unpaired) electrons. The van der Waals surface area contributed by atoms with Crippen LogP contribution in [0.25, 0.3) is 10.9 Å². The number of benzene rings is 1. The van der Waals surface area contributed by atoms with E-state index in [0.717, 1.165) is 36.0 Å². The first kappa shape index (κ1) is 22.3. The maximum Gasteiger partial charge on any atom is 0.434 e. The zero-order valence-electron chi connectivity index (χ0n) is 17.6. The highest BCUT2D eigenvalue weighted by Gasteiger charge is 2.39. The number of nitrogens with zero attached hydrogens (tertiary/aromatic N) is 4. The SMILES string of the molecule is CC[C@H]1c2cc3ccc(S(C)(=O)=O)cc3n2CCN1c1ncc(C(C)=O)c(C(F)(F)F)n1. The summed E-state index contributed by atoms with van der Waals surface area (Å²) in [6, 6.07) is 6.49. The average Bonchev–Trinajstić information content (AvgIpc) is 3.09. The summed E-state index contributed by atoms with van der Waals surface area (Å²) in [4.78, 5) is 21.4. The number of ketones is 1. The summed E-state index contributed by atoms with van der Waals surface area (Å²) in [5.41, 5.74) is -0.209. The molecule has 0 amide bonds. The maximum atomic E-state index is 13.5. The lowest BCUT2D eigenvalue weighted by atomic mass is 10.1. The minimum absolute atomic E-state index is 0.0949. The van der Waals surface area contributed by atoms with Gasteiger partial charge in [-0.3, -0.25) is 4.79 Å². The Balaban J connectivity index is 1.81. The van der Waals surface area contributed by atoms with Crippen LogP contribution in [0, 0.1) is 0 Å². The quantitative estimate of drug-likeness (QED) is 0.540. The van der Waals surface area contributed by atoms with Gasteiger partial charge in [-0.25, -0.2) is 18.4 Å². The number of sulfone groups is 1. The van der Waals surface area contributed by atoms with Crippen LogP contribution in [0.1, 0.15) is 48.1 Å². The number of halogens is 3. The topological polar surface area (TPSA) is 85.2 Å². The molecule has 0 unspecified atom stereocenters. The summed E-state index contributed by atoms with van der Waals surface area (Å²) in [6.45, 7) is 3.70. The van der Waals surface area contributed by atoms with Crippen LogP contribution in [-0.4, -0.2) is 41.5 Å². The van der Waals surface area contributed by atoms with Gasteiger partial charge in [0.15, 0.2) is 21.3 Å². The Hall–Kier alpha value is -2.95. The highest BCUT2D eigenvalue weighted by molar-refractivity contribution is 7.90. The van der Waals surface area contributed by atoms with Gasteiger partial charge in [-0.15, -0.1) is 0 Å². The molecule has 1 aliphatic rings. The van der Waals surface area contributed by atoms with E-state index in [9.17, 15) is 26.4 Å². The zero-order chi connectivity index (χ0) is 23.4. The fourth-order valence-corrected chi connectivity index (χ4v) is 4.83. The molecule has 11 heteroatoms. The number of hydrogen-bond donors (Lipinski definition) is 0. The molecule has 0 saturated carbocycles. The number of carbonyl (C=O) groups excluding carboxylic acids is 1. The second-order valence-electron chi connectivity index (χ2n) is 7.82. The van der Waals surface area contributed by atoms with Crippen LogP contribution in [0.5, 0.6) is 0 Å². The lowest BCUT2D eigenvalue weighted by molar-refractivity contribution is -0.141. The van der Waals surface area contributed by atoms with Crippen molar-refractivity contribution < 1.29 is 26.4 Å². The van der Waals surface area contributed by atoms with Crippen molar-refractivity contribution in [3.8, 4) is 0 Å². The van der Waals surface area contributed by atoms with Crippen molar-refractivity contribution in [3.05, 3.63) is 47.4 Å². The summed E-state index contributed by atoms with van der Waals surface area (Å²) < 4.78 is 66.5. The lowest BCUT2D eigenvalue weighted by Gasteiger charge is -2.37. The molecule has 7 nitrogen and oxygen atoms in total. The molecule has 1 aliphatic heterocycles.